The highest BCUT2D eigenvalue weighted by Gasteiger charge is 2.82. The number of carbonyl (C=O) groups excluding carboxylic acids is 3. The van der Waals surface area contributed by atoms with Crippen molar-refractivity contribution in [2.75, 3.05) is 17.2 Å². The molecule has 2 bridgehead atoms. The molecule has 11 heteroatoms. The number of phenols is 1. The van der Waals surface area contributed by atoms with E-state index in [1.807, 2.05) is 0 Å². The number of hydrogen-bond donors (Lipinski definition) is 7. The number of epoxide rings is 1. The maximum absolute atomic E-state index is 13.9. The van der Waals surface area contributed by atoms with Gasteiger partial charge in [-0.2, -0.15) is 0 Å². The fourth-order valence-corrected chi connectivity index (χ4v) is 5.84. The highest BCUT2D eigenvalue weighted by Crippen LogP contribution is 2.67. The Kier molecular flexibility index (Phi) is 5.64. The molecule has 2 aliphatic carbocycles. The summed E-state index contributed by atoms with van der Waals surface area (Å²) in [6, 6.07) is 3.18. The molecule has 40 heavy (non-hydrogen) atoms. The number of amides is 1. The van der Waals surface area contributed by atoms with Crippen LogP contribution in [0.1, 0.15) is 44.3 Å². The molecule has 6 atom stereocenters. The summed E-state index contributed by atoms with van der Waals surface area (Å²) in [4.78, 5) is 39.7. The Hall–Kier alpha value is -4.49. The summed E-state index contributed by atoms with van der Waals surface area (Å²) < 4.78 is 6.14. The lowest BCUT2D eigenvalue weighted by molar-refractivity contribution is -0.118. The largest absolute Gasteiger partial charge is 0.507 e. The van der Waals surface area contributed by atoms with E-state index in [0.29, 0.717) is 0 Å². The third-order valence-electron chi connectivity index (χ3n) is 7.76. The van der Waals surface area contributed by atoms with Crippen molar-refractivity contribution in [2.24, 2.45) is 5.73 Å². The van der Waals surface area contributed by atoms with Gasteiger partial charge < -0.3 is 41.5 Å². The van der Waals surface area contributed by atoms with Crippen LogP contribution >= 0.6 is 0 Å². The molecule has 2 heterocycles. The number of aromatic hydroxyl groups is 1. The average Bonchev–Trinajstić information content (AvgIpc) is 3.66. The Labute approximate surface area is 227 Å². The first-order valence-electron chi connectivity index (χ1n) is 12.4. The fourth-order valence-electron chi connectivity index (χ4n) is 5.84. The third kappa shape index (κ3) is 3.24. The van der Waals surface area contributed by atoms with Gasteiger partial charge in [0.05, 0.1) is 29.5 Å². The van der Waals surface area contributed by atoms with Gasteiger partial charge in [0.15, 0.2) is 28.9 Å². The molecule has 2 aliphatic heterocycles. The van der Waals surface area contributed by atoms with E-state index in [0.717, 1.165) is 0 Å². The molecule has 2 aromatic carbocycles. The van der Waals surface area contributed by atoms with E-state index < -0.39 is 65.3 Å². The van der Waals surface area contributed by atoms with Crippen LogP contribution in [0.5, 0.6) is 5.75 Å². The SMILES string of the molecule is C[C@@H](O)[C@@]12O[C@]13c1cc(O)c4c(c1N[C@H]2C#C/C=C\C#C[C@H]3O)C(=O)c1ccc(NC(=O)[C@@H](N)CO)cc1C4=O. The van der Waals surface area contributed by atoms with E-state index in [4.69, 9.17) is 15.6 Å². The lowest BCUT2D eigenvalue weighted by Gasteiger charge is -2.37. The number of nitrogens with one attached hydrogen (secondary N) is 2. The second-order valence-corrected chi connectivity index (χ2v) is 9.96. The van der Waals surface area contributed by atoms with Gasteiger partial charge in [-0.15, -0.1) is 0 Å². The van der Waals surface area contributed by atoms with E-state index in [1.165, 1.54) is 43.3 Å². The molecule has 4 aliphatic rings. The number of fused-ring (bicyclic) bond motifs is 4. The lowest BCUT2D eigenvalue weighted by atomic mass is 9.69. The zero-order valence-corrected chi connectivity index (χ0v) is 21.0. The van der Waals surface area contributed by atoms with Gasteiger partial charge in [0.2, 0.25) is 5.91 Å². The maximum Gasteiger partial charge on any atom is 0.243 e. The van der Waals surface area contributed by atoms with Crippen molar-refractivity contribution >= 4 is 28.8 Å². The monoisotopic (exact) mass is 541 g/mol. The van der Waals surface area contributed by atoms with Crippen LogP contribution in [0.2, 0.25) is 0 Å². The third-order valence-corrected chi connectivity index (χ3v) is 7.76. The minimum absolute atomic E-state index is 0.0155. The van der Waals surface area contributed by atoms with Gasteiger partial charge in [-0.1, -0.05) is 23.7 Å². The Morgan fingerprint density at radius 3 is 2.55 bits per heavy atom. The highest BCUT2D eigenvalue weighted by molar-refractivity contribution is 6.31. The summed E-state index contributed by atoms with van der Waals surface area (Å²) in [6.07, 6.45) is 0.295. The van der Waals surface area contributed by atoms with Crippen molar-refractivity contribution in [3.8, 4) is 29.4 Å². The second-order valence-electron chi connectivity index (χ2n) is 9.96. The summed E-state index contributed by atoms with van der Waals surface area (Å²) in [5.41, 5.74) is 2.40. The first-order valence-corrected chi connectivity index (χ1v) is 12.4. The summed E-state index contributed by atoms with van der Waals surface area (Å²) in [6.45, 7) is 0.898. The number of carbonyl (C=O) groups is 3. The van der Waals surface area contributed by atoms with E-state index >= 15 is 0 Å². The van der Waals surface area contributed by atoms with Gasteiger partial charge in [-0.3, -0.25) is 14.4 Å². The van der Waals surface area contributed by atoms with Crippen molar-refractivity contribution in [3.63, 3.8) is 0 Å². The molecular weight excluding hydrogens is 518 g/mol. The van der Waals surface area contributed by atoms with Gasteiger partial charge in [-0.25, -0.2) is 0 Å². The molecule has 0 spiro atoms. The van der Waals surface area contributed by atoms with Crippen LogP contribution in [0.4, 0.5) is 11.4 Å². The zero-order chi connectivity index (χ0) is 28.6. The van der Waals surface area contributed by atoms with Gasteiger partial charge >= 0.3 is 0 Å². The number of allylic oxidation sites excluding steroid dienone is 2. The molecule has 202 valence electrons. The van der Waals surface area contributed by atoms with Crippen LogP contribution in [0.15, 0.2) is 36.4 Å². The normalized spacial score (nSPS) is 28.8. The van der Waals surface area contributed by atoms with Crippen molar-refractivity contribution < 1.29 is 39.5 Å². The van der Waals surface area contributed by atoms with Gasteiger partial charge in [-0.05, 0) is 43.3 Å². The number of hydrogen-bond acceptors (Lipinski definition) is 10. The number of benzene rings is 2. The molecule has 0 aromatic heterocycles. The van der Waals surface area contributed by atoms with Crippen molar-refractivity contribution in [3.05, 3.63) is 64.2 Å². The number of aliphatic hydroxyl groups is 3. The van der Waals surface area contributed by atoms with Crippen LogP contribution < -0.4 is 16.4 Å². The molecule has 0 unspecified atom stereocenters. The Bertz CT molecular complexity index is 1690. The molecule has 1 amide bonds. The minimum atomic E-state index is -1.66. The number of nitrogens with two attached hydrogens (primary N) is 1. The Balaban J connectivity index is 1.53. The molecule has 11 nitrogen and oxygen atoms in total. The Morgan fingerprint density at radius 1 is 1.15 bits per heavy atom. The van der Waals surface area contributed by atoms with E-state index in [2.05, 4.69) is 34.3 Å². The molecule has 1 saturated heterocycles. The van der Waals surface area contributed by atoms with Crippen LogP contribution in [-0.4, -0.2) is 74.4 Å². The van der Waals surface area contributed by atoms with Crippen molar-refractivity contribution in [1.82, 2.24) is 0 Å². The van der Waals surface area contributed by atoms with E-state index in [9.17, 15) is 29.7 Å². The zero-order valence-electron chi connectivity index (χ0n) is 21.0. The minimum Gasteiger partial charge on any atom is -0.507 e. The molecule has 2 aromatic rings. The number of anilines is 2. The number of phenolic OH excluding ortho intramolecular Hbond substituents is 1. The first kappa shape index (κ1) is 25.8. The molecule has 0 radical (unpaired) electrons. The number of rotatable bonds is 4. The Morgan fingerprint density at radius 2 is 1.85 bits per heavy atom. The first-order chi connectivity index (χ1) is 19.1. The standard InChI is InChI=1S/C29H23N3O8/c1-13(34)28-20-6-4-2-3-5-7-21(36)29(28,40-28)17-11-19(35)22-23(24(17)32-20)25(37)15-9-8-14(10-16(15)26(22)38)31-27(39)18(30)12-33/h2-3,8-11,13,18,20-21,32-36H,12,30H2,1H3,(H,31,39)/b3-2-/t13-,18+,20+,21-,28+,29+/m1/s1. The highest BCUT2D eigenvalue weighted by atomic mass is 16.7. The summed E-state index contributed by atoms with van der Waals surface area (Å²) in [5, 5.41) is 47.9. The quantitative estimate of drug-likeness (QED) is 0.129. The van der Waals surface area contributed by atoms with Crippen LogP contribution in [0.25, 0.3) is 0 Å². The number of aliphatic hydroxyl groups excluding tert-OH is 3. The predicted octanol–water partition coefficient (Wildman–Crippen LogP) is -0.498. The predicted molar refractivity (Wildman–Crippen MR) is 140 cm³/mol. The average molecular weight is 542 g/mol. The van der Waals surface area contributed by atoms with Gasteiger partial charge in [0.25, 0.3) is 0 Å². The van der Waals surface area contributed by atoms with Crippen LogP contribution in [0.3, 0.4) is 0 Å². The topological polar surface area (TPSA) is 195 Å². The summed E-state index contributed by atoms with van der Waals surface area (Å²) in [5.74, 6) is 8.62. The van der Waals surface area contributed by atoms with Crippen molar-refractivity contribution in [2.45, 2.75) is 42.4 Å². The smallest absolute Gasteiger partial charge is 0.243 e. The van der Waals surface area contributed by atoms with Crippen molar-refractivity contribution in [1.29, 1.82) is 0 Å². The summed E-state index contributed by atoms with van der Waals surface area (Å²) in [7, 11) is 0. The molecule has 0 saturated carbocycles. The van der Waals surface area contributed by atoms with Gasteiger partial charge in [0.1, 0.15) is 17.8 Å². The molecule has 8 N–H and O–H groups in total. The van der Waals surface area contributed by atoms with Gasteiger partial charge in [0, 0.05) is 22.4 Å². The molecule has 6 rings (SSSR count). The number of ketones is 2. The van der Waals surface area contributed by atoms with Crippen LogP contribution in [0, 0.1) is 23.7 Å². The fraction of sp³-hybridized carbons (Fsp3) is 0.276. The lowest BCUT2D eigenvalue weighted by Crippen LogP contribution is -2.54. The maximum atomic E-state index is 13.9. The number of ether oxygens (including phenoxy) is 1. The van der Waals surface area contributed by atoms with E-state index in [-0.39, 0.29) is 39.2 Å². The molecular formula is C29H23N3O8. The summed E-state index contributed by atoms with van der Waals surface area (Å²) >= 11 is 0. The van der Waals surface area contributed by atoms with E-state index in [1.54, 1.807) is 0 Å². The second kappa shape index (κ2) is 8.76. The van der Waals surface area contributed by atoms with Crippen LogP contribution in [-0.2, 0) is 15.1 Å². The molecule has 1 fully saturated rings.